The van der Waals surface area contributed by atoms with Crippen molar-refractivity contribution in [3.05, 3.63) is 0 Å². The molecular weight excluding hydrogens is 134 g/mol. The maximum Gasteiger partial charge on any atom is 0.0575 e. The Morgan fingerprint density at radius 2 is 1.82 bits per heavy atom. The van der Waals surface area contributed by atoms with Gasteiger partial charge in [0.2, 0.25) is 0 Å². The van der Waals surface area contributed by atoms with Gasteiger partial charge in [0.05, 0.1) is 6.54 Å². The summed E-state index contributed by atoms with van der Waals surface area (Å²) in [6.07, 6.45) is 10.1. The molecule has 0 atom stereocenters. The van der Waals surface area contributed by atoms with Gasteiger partial charge in [-0.15, -0.1) is 6.42 Å². The van der Waals surface area contributed by atoms with E-state index >= 15 is 0 Å². The molecule has 0 rings (SSSR count). The lowest BCUT2D eigenvalue weighted by Crippen LogP contribution is -2.28. The molecule has 0 aliphatic rings. The molecule has 64 valence electrons. The molecule has 0 heterocycles. The first-order valence-corrected chi connectivity index (χ1v) is 4.52. The van der Waals surface area contributed by atoms with Crippen LogP contribution in [-0.2, 0) is 0 Å². The maximum absolute atomic E-state index is 5.16. The molecule has 0 saturated carbocycles. The van der Waals surface area contributed by atoms with E-state index in [1.807, 2.05) is 0 Å². The second-order valence-corrected chi connectivity index (χ2v) is 2.86. The molecular formula is C10H19N. The fourth-order valence-electron chi connectivity index (χ4n) is 1.25. The summed E-state index contributed by atoms with van der Waals surface area (Å²) in [5, 5.41) is 3.34. The minimum Gasteiger partial charge on any atom is -0.303 e. The number of hydrogen-bond donors (Lipinski definition) is 1. The normalized spacial score (nSPS) is 10.0. The average Bonchev–Trinajstić information content (AvgIpc) is 2.01. The highest BCUT2D eigenvalue weighted by atomic mass is 14.9. The average molecular weight is 153 g/mol. The maximum atomic E-state index is 5.16. The molecule has 0 bridgehead atoms. The number of nitrogens with one attached hydrogen (secondary N) is 1. The van der Waals surface area contributed by atoms with Gasteiger partial charge < -0.3 is 5.32 Å². The number of hydrogen-bond acceptors (Lipinski definition) is 1. The summed E-state index contributed by atoms with van der Waals surface area (Å²) in [6, 6.07) is 0.640. The van der Waals surface area contributed by atoms with Crippen molar-refractivity contribution in [2.45, 2.75) is 45.6 Å². The largest absolute Gasteiger partial charge is 0.303 e. The third kappa shape index (κ3) is 5.94. The van der Waals surface area contributed by atoms with Crippen molar-refractivity contribution in [3.8, 4) is 12.3 Å². The molecule has 0 aromatic carbocycles. The first-order chi connectivity index (χ1) is 5.35. The topological polar surface area (TPSA) is 12.0 Å². The quantitative estimate of drug-likeness (QED) is 0.577. The molecule has 0 aliphatic heterocycles. The smallest absolute Gasteiger partial charge is 0.0575 e. The molecule has 0 radical (unpaired) electrons. The molecule has 0 saturated heterocycles. The standard InChI is InChI=1S/C10H19N/c1-4-7-10(8-5-2)11-9-6-3/h3,10-11H,4-5,7-9H2,1-2H3. The predicted molar refractivity (Wildman–Crippen MR) is 50.4 cm³/mol. The van der Waals surface area contributed by atoms with E-state index in [0.717, 1.165) is 0 Å². The Morgan fingerprint density at radius 3 is 2.18 bits per heavy atom. The minimum absolute atomic E-state index is 0.640. The van der Waals surface area contributed by atoms with Crippen molar-refractivity contribution in [2.24, 2.45) is 0 Å². The van der Waals surface area contributed by atoms with E-state index in [2.05, 4.69) is 25.1 Å². The molecule has 0 amide bonds. The highest BCUT2D eigenvalue weighted by Crippen LogP contribution is 2.03. The predicted octanol–water partition coefficient (Wildman–Crippen LogP) is 2.18. The van der Waals surface area contributed by atoms with Gasteiger partial charge in [0.15, 0.2) is 0 Å². The third-order valence-corrected chi connectivity index (χ3v) is 1.77. The van der Waals surface area contributed by atoms with Crippen molar-refractivity contribution in [3.63, 3.8) is 0 Å². The first-order valence-electron chi connectivity index (χ1n) is 4.52. The van der Waals surface area contributed by atoms with Crippen molar-refractivity contribution < 1.29 is 0 Å². The zero-order chi connectivity index (χ0) is 8.53. The van der Waals surface area contributed by atoms with E-state index in [-0.39, 0.29) is 0 Å². The van der Waals surface area contributed by atoms with Gasteiger partial charge in [-0.2, -0.15) is 0 Å². The summed E-state index contributed by atoms with van der Waals surface area (Å²) in [5.41, 5.74) is 0. The Balaban J connectivity index is 3.44. The molecule has 0 aromatic rings. The summed E-state index contributed by atoms with van der Waals surface area (Å²) < 4.78 is 0. The van der Waals surface area contributed by atoms with Crippen LogP contribution >= 0.6 is 0 Å². The lowest BCUT2D eigenvalue weighted by atomic mass is 10.1. The van der Waals surface area contributed by atoms with E-state index in [4.69, 9.17) is 6.42 Å². The summed E-state index contributed by atoms with van der Waals surface area (Å²) in [7, 11) is 0. The Kier molecular flexibility index (Phi) is 7.29. The molecule has 11 heavy (non-hydrogen) atoms. The van der Waals surface area contributed by atoms with E-state index in [0.29, 0.717) is 12.6 Å². The Labute approximate surface area is 70.6 Å². The SMILES string of the molecule is C#CCNC(CCC)CCC. The fourth-order valence-corrected chi connectivity index (χ4v) is 1.25. The monoisotopic (exact) mass is 153 g/mol. The molecule has 0 unspecified atom stereocenters. The molecule has 1 heteroatoms. The summed E-state index contributed by atoms with van der Waals surface area (Å²) in [4.78, 5) is 0. The molecule has 0 spiro atoms. The number of terminal acetylenes is 1. The van der Waals surface area contributed by atoms with Gasteiger partial charge in [-0.1, -0.05) is 32.6 Å². The van der Waals surface area contributed by atoms with Gasteiger partial charge in [-0.25, -0.2) is 0 Å². The zero-order valence-electron chi connectivity index (χ0n) is 7.69. The van der Waals surface area contributed by atoms with Crippen molar-refractivity contribution in [1.29, 1.82) is 0 Å². The van der Waals surface area contributed by atoms with Crippen LogP contribution in [0.4, 0.5) is 0 Å². The van der Waals surface area contributed by atoms with Crippen LogP contribution in [0.5, 0.6) is 0 Å². The van der Waals surface area contributed by atoms with E-state index in [1.54, 1.807) is 0 Å². The second-order valence-electron chi connectivity index (χ2n) is 2.86. The third-order valence-electron chi connectivity index (χ3n) is 1.77. The van der Waals surface area contributed by atoms with Crippen molar-refractivity contribution in [2.75, 3.05) is 6.54 Å². The van der Waals surface area contributed by atoms with Crippen molar-refractivity contribution in [1.82, 2.24) is 5.32 Å². The Hall–Kier alpha value is -0.480. The van der Waals surface area contributed by atoms with Gasteiger partial charge in [-0.3, -0.25) is 0 Å². The van der Waals surface area contributed by atoms with Gasteiger partial charge in [0, 0.05) is 6.04 Å². The van der Waals surface area contributed by atoms with Crippen LogP contribution in [0.3, 0.4) is 0 Å². The van der Waals surface area contributed by atoms with Gasteiger partial charge in [-0.05, 0) is 12.8 Å². The van der Waals surface area contributed by atoms with Crippen molar-refractivity contribution >= 4 is 0 Å². The summed E-state index contributed by atoms with van der Waals surface area (Å²) in [6.45, 7) is 5.13. The Bertz CT molecular complexity index is 107. The number of rotatable bonds is 6. The van der Waals surface area contributed by atoms with Crippen LogP contribution in [0.25, 0.3) is 0 Å². The van der Waals surface area contributed by atoms with Crippen LogP contribution in [0.2, 0.25) is 0 Å². The second kappa shape index (κ2) is 7.63. The summed E-state index contributed by atoms with van der Waals surface area (Å²) >= 11 is 0. The van der Waals surface area contributed by atoms with Gasteiger partial charge >= 0.3 is 0 Å². The van der Waals surface area contributed by atoms with Gasteiger partial charge in [0.1, 0.15) is 0 Å². The van der Waals surface area contributed by atoms with Gasteiger partial charge in [0.25, 0.3) is 0 Å². The van der Waals surface area contributed by atoms with E-state index in [1.165, 1.54) is 25.7 Å². The lowest BCUT2D eigenvalue weighted by Gasteiger charge is -2.14. The molecule has 1 nitrogen and oxygen atoms in total. The van der Waals surface area contributed by atoms with Crippen LogP contribution in [0.1, 0.15) is 39.5 Å². The molecule has 0 aromatic heterocycles. The van der Waals surface area contributed by atoms with Crippen LogP contribution < -0.4 is 5.32 Å². The van der Waals surface area contributed by atoms with E-state index in [9.17, 15) is 0 Å². The van der Waals surface area contributed by atoms with E-state index < -0.39 is 0 Å². The minimum atomic E-state index is 0.640. The molecule has 0 fully saturated rings. The highest BCUT2D eigenvalue weighted by Gasteiger charge is 2.02. The van der Waals surface area contributed by atoms with Crippen LogP contribution in [0.15, 0.2) is 0 Å². The highest BCUT2D eigenvalue weighted by molar-refractivity contribution is 4.88. The van der Waals surface area contributed by atoms with Crippen LogP contribution in [-0.4, -0.2) is 12.6 Å². The lowest BCUT2D eigenvalue weighted by molar-refractivity contribution is 0.466. The summed E-state index contributed by atoms with van der Waals surface area (Å²) in [5.74, 6) is 2.60. The molecule has 1 N–H and O–H groups in total. The first kappa shape index (κ1) is 10.5. The van der Waals surface area contributed by atoms with Crippen LogP contribution in [0, 0.1) is 12.3 Å². The fraction of sp³-hybridized carbons (Fsp3) is 0.800. The zero-order valence-corrected chi connectivity index (χ0v) is 7.69. The molecule has 0 aliphatic carbocycles. The Morgan fingerprint density at radius 1 is 1.27 bits per heavy atom.